The first-order valence-corrected chi connectivity index (χ1v) is 9.71. The molecule has 0 radical (unpaired) electrons. The van der Waals surface area contributed by atoms with Crippen LogP contribution < -0.4 is 4.74 Å². The van der Waals surface area contributed by atoms with Crippen LogP contribution in [0.15, 0.2) is 18.2 Å². The molecular formula is C21H27NO3. The molecule has 0 spiro atoms. The third kappa shape index (κ3) is 2.16. The van der Waals surface area contributed by atoms with Crippen molar-refractivity contribution in [2.75, 3.05) is 20.2 Å². The van der Waals surface area contributed by atoms with Gasteiger partial charge in [0.2, 0.25) is 0 Å². The molecular weight excluding hydrogens is 314 g/mol. The number of hydrogen-bond acceptors (Lipinski definition) is 4. The van der Waals surface area contributed by atoms with Crippen molar-refractivity contribution in [3.05, 3.63) is 29.3 Å². The lowest BCUT2D eigenvalue weighted by Crippen LogP contribution is -2.73. The number of hydrogen-bond donors (Lipinski definition) is 1. The third-order valence-electron chi connectivity index (χ3n) is 7.37. The molecule has 1 aliphatic heterocycles. The van der Waals surface area contributed by atoms with Crippen molar-refractivity contribution < 1.29 is 14.6 Å². The Morgan fingerprint density at radius 2 is 2.16 bits per heavy atom. The summed E-state index contributed by atoms with van der Waals surface area (Å²) < 4.78 is 5.46. The quantitative estimate of drug-likeness (QED) is 0.917. The Balaban J connectivity index is 1.64. The number of rotatable bonds is 3. The molecule has 4 nitrogen and oxygen atoms in total. The van der Waals surface area contributed by atoms with Crippen LogP contribution in [0.1, 0.15) is 49.7 Å². The number of methoxy groups -OCH3 is 1. The summed E-state index contributed by atoms with van der Waals surface area (Å²) in [5.41, 5.74) is 1.26. The van der Waals surface area contributed by atoms with Crippen LogP contribution in [0.5, 0.6) is 5.75 Å². The molecule has 3 fully saturated rings. The minimum absolute atomic E-state index is 0.149. The van der Waals surface area contributed by atoms with Crippen molar-refractivity contribution in [3.8, 4) is 5.75 Å². The maximum absolute atomic E-state index is 12.4. The topological polar surface area (TPSA) is 49.8 Å². The molecule has 0 aromatic heterocycles. The molecule has 3 aliphatic carbocycles. The number of fused-ring (bicyclic) bond motifs is 1. The first kappa shape index (κ1) is 15.8. The average Bonchev–Trinajstić information content (AvgIpc) is 3.42. The van der Waals surface area contributed by atoms with Crippen molar-refractivity contribution in [2.24, 2.45) is 5.92 Å². The second-order valence-electron chi connectivity index (χ2n) is 8.65. The first-order valence-electron chi connectivity index (χ1n) is 9.71. The van der Waals surface area contributed by atoms with Crippen molar-refractivity contribution in [1.29, 1.82) is 0 Å². The zero-order chi connectivity index (χ0) is 17.2. The summed E-state index contributed by atoms with van der Waals surface area (Å²) in [4.78, 5) is 15.0. The van der Waals surface area contributed by atoms with Crippen LogP contribution in [-0.4, -0.2) is 47.6 Å². The SMILES string of the molecule is COc1ccc2c(c1)[C@@]13CCN(CC4CC4)C(C2)[C@@]1(O)CCC(=O)C3. The fourth-order valence-corrected chi connectivity index (χ4v) is 5.86. The van der Waals surface area contributed by atoms with E-state index in [2.05, 4.69) is 17.0 Å². The van der Waals surface area contributed by atoms with Crippen molar-refractivity contribution in [1.82, 2.24) is 4.90 Å². The Kier molecular flexibility index (Phi) is 3.36. The van der Waals surface area contributed by atoms with Gasteiger partial charge in [0.1, 0.15) is 11.5 Å². The molecule has 134 valence electrons. The van der Waals surface area contributed by atoms with Crippen LogP contribution in [0.25, 0.3) is 0 Å². The van der Waals surface area contributed by atoms with E-state index < -0.39 is 11.0 Å². The Hall–Kier alpha value is -1.39. The Bertz CT molecular complexity index is 728. The normalized spacial score (nSPS) is 37.4. The molecule has 1 saturated heterocycles. The van der Waals surface area contributed by atoms with Gasteiger partial charge in [-0.15, -0.1) is 0 Å². The number of benzene rings is 1. The van der Waals surface area contributed by atoms with E-state index in [4.69, 9.17) is 4.74 Å². The minimum atomic E-state index is -0.784. The highest BCUT2D eigenvalue weighted by Gasteiger charge is 2.64. The second-order valence-corrected chi connectivity index (χ2v) is 8.65. The zero-order valence-corrected chi connectivity index (χ0v) is 15.0. The van der Waals surface area contributed by atoms with Gasteiger partial charge in [-0.1, -0.05) is 6.07 Å². The van der Waals surface area contributed by atoms with Crippen molar-refractivity contribution in [2.45, 2.75) is 62.0 Å². The third-order valence-corrected chi connectivity index (χ3v) is 7.37. The Labute approximate surface area is 149 Å². The number of likely N-dealkylation sites (tertiary alicyclic amines) is 1. The Morgan fingerprint density at radius 3 is 2.92 bits per heavy atom. The van der Waals surface area contributed by atoms with Gasteiger partial charge in [0, 0.05) is 30.8 Å². The Morgan fingerprint density at radius 1 is 1.32 bits per heavy atom. The standard InChI is InChI=1S/C21H27NO3/c1-25-17-5-4-15-10-19-21(24)7-6-16(23)12-20(21,18(15)11-17)8-9-22(19)13-14-2-3-14/h4-5,11,14,19,24H,2-3,6-10,12-13H2,1H3/t19?,20-,21-/m0/s1. The molecule has 4 heteroatoms. The molecule has 1 unspecified atom stereocenters. The molecule has 25 heavy (non-hydrogen) atoms. The molecule has 1 aromatic rings. The largest absolute Gasteiger partial charge is 0.497 e. The summed E-state index contributed by atoms with van der Waals surface area (Å²) in [6.45, 7) is 2.11. The van der Waals surface area contributed by atoms with Gasteiger partial charge >= 0.3 is 0 Å². The number of aliphatic hydroxyl groups is 1. The maximum atomic E-state index is 12.4. The minimum Gasteiger partial charge on any atom is -0.497 e. The van der Waals surface area contributed by atoms with Crippen LogP contribution in [-0.2, 0) is 16.6 Å². The molecule has 5 rings (SSSR count). The zero-order valence-electron chi connectivity index (χ0n) is 15.0. The number of carbonyl (C=O) groups is 1. The van der Waals surface area contributed by atoms with Crippen LogP contribution in [0.4, 0.5) is 0 Å². The van der Waals surface area contributed by atoms with E-state index in [1.807, 2.05) is 6.07 Å². The fraction of sp³-hybridized carbons (Fsp3) is 0.667. The van der Waals surface area contributed by atoms with Gasteiger partial charge < -0.3 is 9.84 Å². The van der Waals surface area contributed by atoms with Gasteiger partial charge in [0.25, 0.3) is 0 Å². The number of ether oxygens (including phenoxy) is 1. The van der Waals surface area contributed by atoms with Crippen molar-refractivity contribution >= 4 is 5.78 Å². The predicted octanol–water partition coefficient (Wildman–Crippen LogP) is 2.46. The van der Waals surface area contributed by atoms with Crippen LogP contribution in [0.3, 0.4) is 0 Å². The molecule has 3 atom stereocenters. The van der Waals surface area contributed by atoms with E-state index in [-0.39, 0.29) is 6.04 Å². The predicted molar refractivity (Wildman–Crippen MR) is 94.9 cm³/mol. The van der Waals surface area contributed by atoms with E-state index in [1.165, 1.54) is 24.0 Å². The molecule has 2 bridgehead atoms. The number of Topliss-reactive ketones (excluding diaryl/α,β-unsaturated/α-hetero) is 1. The van der Waals surface area contributed by atoms with E-state index in [9.17, 15) is 9.90 Å². The van der Waals surface area contributed by atoms with Crippen molar-refractivity contribution in [3.63, 3.8) is 0 Å². The monoisotopic (exact) mass is 341 g/mol. The van der Waals surface area contributed by atoms with E-state index >= 15 is 0 Å². The van der Waals surface area contributed by atoms with E-state index in [1.54, 1.807) is 7.11 Å². The van der Waals surface area contributed by atoms with E-state index in [0.717, 1.165) is 37.6 Å². The molecule has 1 heterocycles. The van der Waals surface area contributed by atoms with Gasteiger partial charge in [-0.05, 0) is 67.8 Å². The summed E-state index contributed by atoms with van der Waals surface area (Å²) in [7, 11) is 1.68. The van der Waals surface area contributed by atoms with E-state index in [0.29, 0.717) is 25.0 Å². The number of nitrogens with zero attached hydrogens (tertiary/aromatic N) is 1. The number of carbonyl (C=O) groups excluding carboxylic acids is 1. The van der Waals surface area contributed by atoms with Gasteiger partial charge in [-0.3, -0.25) is 9.69 Å². The van der Waals surface area contributed by atoms with Gasteiger partial charge in [-0.2, -0.15) is 0 Å². The van der Waals surface area contributed by atoms with Gasteiger partial charge in [0.05, 0.1) is 12.7 Å². The maximum Gasteiger partial charge on any atom is 0.134 e. The summed E-state index contributed by atoms with van der Waals surface area (Å²) in [5.74, 6) is 1.95. The van der Waals surface area contributed by atoms with Crippen LogP contribution in [0, 0.1) is 5.92 Å². The average molecular weight is 341 g/mol. The molecule has 1 N–H and O–H groups in total. The lowest BCUT2D eigenvalue weighted by atomic mass is 9.49. The molecule has 0 amide bonds. The summed E-state index contributed by atoms with van der Waals surface area (Å²) in [5, 5.41) is 12.0. The fourth-order valence-electron chi connectivity index (χ4n) is 5.86. The number of ketones is 1. The molecule has 1 aromatic carbocycles. The lowest BCUT2D eigenvalue weighted by Gasteiger charge is -2.63. The molecule has 4 aliphatic rings. The first-order chi connectivity index (χ1) is 12.1. The van der Waals surface area contributed by atoms with Gasteiger partial charge in [-0.25, -0.2) is 0 Å². The smallest absolute Gasteiger partial charge is 0.134 e. The highest BCUT2D eigenvalue weighted by atomic mass is 16.5. The summed E-state index contributed by atoms with van der Waals surface area (Å²) in [6, 6.07) is 6.41. The summed E-state index contributed by atoms with van der Waals surface area (Å²) in [6.07, 6.45) is 6.03. The second kappa shape index (κ2) is 5.31. The molecule has 2 saturated carbocycles. The van der Waals surface area contributed by atoms with Crippen LogP contribution in [0.2, 0.25) is 0 Å². The highest BCUT2D eigenvalue weighted by Crippen LogP contribution is 2.58. The number of piperidine rings is 1. The highest BCUT2D eigenvalue weighted by molar-refractivity contribution is 5.82. The lowest BCUT2D eigenvalue weighted by molar-refractivity contribution is -0.173. The summed E-state index contributed by atoms with van der Waals surface area (Å²) >= 11 is 0. The van der Waals surface area contributed by atoms with Crippen LogP contribution >= 0.6 is 0 Å². The van der Waals surface area contributed by atoms with Gasteiger partial charge in [0.15, 0.2) is 0 Å².